The second-order valence-corrected chi connectivity index (χ2v) is 16.4. The van der Waals surface area contributed by atoms with Crippen LogP contribution in [0, 0.1) is 11.3 Å². The Labute approximate surface area is 298 Å². The molecule has 0 aliphatic heterocycles. The number of hydrogen-bond acceptors (Lipinski definition) is 6. The zero-order valence-electron chi connectivity index (χ0n) is 33.4. The largest absolute Gasteiger partial charge is 0.466 e. The first kappa shape index (κ1) is 46.4. The maximum atomic E-state index is 13.7. The molecule has 0 radical (unpaired) electrons. The topological polar surface area (TPSA) is 78.9 Å². The smallest absolute Gasteiger partial charge is 0.324 e. The van der Waals surface area contributed by atoms with E-state index < -0.39 is 28.6 Å². The summed E-state index contributed by atoms with van der Waals surface area (Å²) in [6.45, 7) is 18.4. The van der Waals surface area contributed by atoms with Crippen molar-refractivity contribution in [3.63, 3.8) is 0 Å². The van der Waals surface area contributed by atoms with Crippen molar-refractivity contribution < 1.29 is 28.6 Å². The van der Waals surface area contributed by atoms with Gasteiger partial charge in [-0.3, -0.25) is 14.4 Å². The van der Waals surface area contributed by atoms with Gasteiger partial charge in [0.15, 0.2) is 5.41 Å². The molecule has 0 unspecified atom stereocenters. The Morgan fingerprint density at radius 2 is 0.854 bits per heavy atom. The summed E-state index contributed by atoms with van der Waals surface area (Å²) in [5, 5.41) is 0. The molecule has 48 heavy (non-hydrogen) atoms. The predicted octanol–water partition coefficient (Wildman–Crippen LogP) is 12.6. The number of carbonyl (C=O) groups is 3. The van der Waals surface area contributed by atoms with Crippen LogP contribution in [0.15, 0.2) is 0 Å². The van der Waals surface area contributed by atoms with Gasteiger partial charge in [0.05, 0.1) is 6.61 Å². The second kappa shape index (κ2) is 27.2. The van der Waals surface area contributed by atoms with E-state index in [0.717, 1.165) is 64.2 Å². The Morgan fingerprint density at radius 3 is 1.27 bits per heavy atom. The van der Waals surface area contributed by atoms with Crippen LogP contribution in [0.2, 0.25) is 0 Å². The van der Waals surface area contributed by atoms with Crippen molar-refractivity contribution in [1.29, 1.82) is 0 Å². The summed E-state index contributed by atoms with van der Waals surface area (Å²) in [5.74, 6) is -0.277. The van der Waals surface area contributed by atoms with Gasteiger partial charge in [0.25, 0.3) is 0 Å². The van der Waals surface area contributed by atoms with Gasteiger partial charge >= 0.3 is 17.9 Å². The monoisotopic (exact) mass is 681 g/mol. The van der Waals surface area contributed by atoms with E-state index in [4.69, 9.17) is 14.2 Å². The number of carbonyl (C=O) groups excluding carboxylic acids is 3. The van der Waals surface area contributed by atoms with Crippen LogP contribution in [-0.4, -0.2) is 35.7 Å². The van der Waals surface area contributed by atoms with Crippen LogP contribution in [0.5, 0.6) is 0 Å². The highest BCUT2D eigenvalue weighted by atomic mass is 16.6. The summed E-state index contributed by atoms with van der Waals surface area (Å²) in [5.41, 5.74) is -2.65. The van der Waals surface area contributed by atoms with Crippen LogP contribution < -0.4 is 0 Å². The highest BCUT2D eigenvalue weighted by Gasteiger charge is 2.50. The molecule has 6 nitrogen and oxygen atoms in total. The van der Waals surface area contributed by atoms with Crippen LogP contribution >= 0.6 is 0 Å². The molecule has 0 heterocycles. The molecule has 0 atom stereocenters. The highest BCUT2D eigenvalue weighted by molar-refractivity contribution is 6.00. The maximum Gasteiger partial charge on any atom is 0.324 e. The van der Waals surface area contributed by atoms with Crippen molar-refractivity contribution in [2.75, 3.05) is 6.61 Å². The number of esters is 3. The second-order valence-electron chi connectivity index (χ2n) is 16.4. The lowest BCUT2D eigenvalue weighted by Gasteiger charge is -2.35. The average Bonchev–Trinajstić information content (AvgIpc) is 2.99. The fourth-order valence-electron chi connectivity index (χ4n) is 6.37. The summed E-state index contributed by atoms with van der Waals surface area (Å²) in [4.78, 5) is 39.9. The molecule has 0 saturated carbocycles. The Bertz CT molecular complexity index is 783. The van der Waals surface area contributed by atoms with Gasteiger partial charge in [-0.2, -0.15) is 0 Å². The molecular formula is C42H80O6. The Hall–Kier alpha value is -1.59. The first-order chi connectivity index (χ1) is 22.7. The lowest BCUT2D eigenvalue weighted by atomic mass is 9.77. The summed E-state index contributed by atoms with van der Waals surface area (Å²) < 4.78 is 17.4. The van der Waals surface area contributed by atoms with Crippen LogP contribution in [0.3, 0.4) is 0 Å². The highest BCUT2D eigenvalue weighted by Crippen LogP contribution is 2.38. The van der Waals surface area contributed by atoms with E-state index in [1.165, 1.54) is 77.0 Å². The van der Waals surface area contributed by atoms with Crippen molar-refractivity contribution in [2.24, 2.45) is 11.3 Å². The van der Waals surface area contributed by atoms with Crippen molar-refractivity contribution >= 4 is 17.9 Å². The summed E-state index contributed by atoms with van der Waals surface area (Å²) in [7, 11) is 0. The number of rotatable bonds is 30. The molecule has 0 fully saturated rings. The van der Waals surface area contributed by atoms with E-state index in [2.05, 4.69) is 20.8 Å². The van der Waals surface area contributed by atoms with E-state index in [1.807, 2.05) is 41.5 Å². The van der Waals surface area contributed by atoms with E-state index in [-0.39, 0.29) is 5.97 Å². The van der Waals surface area contributed by atoms with E-state index in [0.29, 0.717) is 31.8 Å². The van der Waals surface area contributed by atoms with Gasteiger partial charge in [-0.1, -0.05) is 149 Å². The van der Waals surface area contributed by atoms with Gasteiger partial charge in [-0.15, -0.1) is 0 Å². The van der Waals surface area contributed by atoms with E-state index in [1.54, 1.807) is 0 Å². The minimum atomic E-state index is -1.28. The minimum Gasteiger partial charge on any atom is -0.466 e. The van der Waals surface area contributed by atoms with Gasteiger partial charge in [-0.05, 0) is 73.1 Å². The number of hydrogen-bond donors (Lipinski definition) is 0. The summed E-state index contributed by atoms with van der Waals surface area (Å²) in [6, 6.07) is 0. The van der Waals surface area contributed by atoms with E-state index >= 15 is 0 Å². The molecular weight excluding hydrogens is 600 g/mol. The number of ether oxygens (including phenoxy) is 3. The van der Waals surface area contributed by atoms with Crippen molar-refractivity contribution in [3.8, 4) is 0 Å². The van der Waals surface area contributed by atoms with Gasteiger partial charge in [0.2, 0.25) is 0 Å². The van der Waals surface area contributed by atoms with Gasteiger partial charge in [-0.25, -0.2) is 0 Å². The zero-order valence-corrected chi connectivity index (χ0v) is 33.4. The molecule has 0 spiro atoms. The lowest BCUT2D eigenvalue weighted by Crippen LogP contribution is -2.46. The third kappa shape index (κ3) is 24.5. The van der Waals surface area contributed by atoms with Crippen molar-refractivity contribution in [1.82, 2.24) is 0 Å². The van der Waals surface area contributed by atoms with Crippen LogP contribution in [0.4, 0.5) is 0 Å². The maximum absolute atomic E-state index is 13.7. The average molecular weight is 681 g/mol. The molecule has 0 aliphatic rings. The molecule has 0 aromatic carbocycles. The molecule has 0 saturated heterocycles. The predicted molar refractivity (Wildman–Crippen MR) is 201 cm³/mol. The van der Waals surface area contributed by atoms with Crippen LogP contribution in [-0.2, 0) is 28.6 Å². The van der Waals surface area contributed by atoms with Gasteiger partial charge in [0.1, 0.15) is 11.2 Å². The molecule has 284 valence electrons. The molecule has 0 aliphatic carbocycles. The van der Waals surface area contributed by atoms with Crippen LogP contribution in [0.25, 0.3) is 0 Å². The van der Waals surface area contributed by atoms with Gasteiger partial charge < -0.3 is 14.2 Å². The Balaban J connectivity index is 4.87. The van der Waals surface area contributed by atoms with Crippen molar-refractivity contribution in [3.05, 3.63) is 0 Å². The first-order valence-corrected chi connectivity index (χ1v) is 20.3. The Kier molecular flexibility index (Phi) is 26.3. The van der Waals surface area contributed by atoms with Gasteiger partial charge in [0, 0.05) is 6.42 Å². The van der Waals surface area contributed by atoms with E-state index in [9.17, 15) is 14.4 Å². The molecule has 0 N–H and O–H groups in total. The molecule has 0 aromatic heterocycles. The fourth-order valence-corrected chi connectivity index (χ4v) is 6.37. The molecule has 0 rings (SSSR count). The fraction of sp³-hybridized carbons (Fsp3) is 0.929. The number of unbranched alkanes of at least 4 members (excludes halogenated alkanes) is 15. The minimum absolute atomic E-state index is 0.0688. The molecule has 0 bridgehead atoms. The quantitative estimate of drug-likeness (QED) is 0.0325. The lowest BCUT2D eigenvalue weighted by molar-refractivity contribution is -0.187. The molecule has 6 heteroatoms. The third-order valence-electron chi connectivity index (χ3n) is 9.24. The third-order valence-corrected chi connectivity index (χ3v) is 9.24. The van der Waals surface area contributed by atoms with Crippen LogP contribution in [0.1, 0.15) is 223 Å². The van der Waals surface area contributed by atoms with Crippen molar-refractivity contribution in [2.45, 2.75) is 234 Å². The molecule has 0 aromatic rings. The summed E-state index contributed by atoms with van der Waals surface area (Å²) >= 11 is 0. The normalized spacial score (nSPS) is 12.4. The molecule has 0 amide bonds. The standard InChI is InChI=1S/C42H80O6/c1-10-13-16-17-19-22-27-33-42(38(44)47-40(4,5)6,39(45)48-41(7,8)9)34-28-23-20-18-21-26-31-37(43)46-35-32-36(29-24-14-11-2)30-25-15-12-3/h36H,10-35H2,1-9H3. The summed E-state index contributed by atoms with van der Waals surface area (Å²) in [6.07, 6.45) is 25.9. The Morgan fingerprint density at radius 1 is 0.479 bits per heavy atom. The first-order valence-electron chi connectivity index (χ1n) is 20.3. The SMILES string of the molecule is CCCCCCCCCC(CCCCCCCCC(=O)OCCC(CCCCC)CCCCC)(C(=O)OC(C)(C)C)C(=O)OC(C)(C)C. The zero-order chi connectivity index (χ0) is 36.3.